The molecular formula is C24H27ClN4O3. The molecule has 2 aliphatic heterocycles. The van der Waals surface area contributed by atoms with Gasteiger partial charge in [0.1, 0.15) is 5.75 Å². The molecule has 0 unspecified atom stereocenters. The predicted molar refractivity (Wildman–Crippen MR) is 124 cm³/mol. The summed E-state index contributed by atoms with van der Waals surface area (Å²) in [4.78, 5) is 28.8. The zero-order valence-electron chi connectivity index (χ0n) is 18.3. The van der Waals surface area contributed by atoms with Crippen LogP contribution in [0.25, 0.3) is 0 Å². The fraction of sp³-hybridized carbons (Fsp3) is 0.375. The van der Waals surface area contributed by atoms with Crippen LogP contribution in [-0.4, -0.2) is 72.2 Å². The molecule has 0 saturated carbocycles. The van der Waals surface area contributed by atoms with Crippen molar-refractivity contribution in [3.8, 4) is 5.75 Å². The van der Waals surface area contributed by atoms with Crippen molar-refractivity contribution in [2.24, 2.45) is 5.10 Å². The van der Waals surface area contributed by atoms with Crippen LogP contribution in [0.3, 0.4) is 0 Å². The molecule has 2 amide bonds. The molecule has 2 heterocycles. The fourth-order valence-corrected chi connectivity index (χ4v) is 4.41. The molecule has 32 heavy (non-hydrogen) atoms. The van der Waals surface area contributed by atoms with E-state index in [1.54, 1.807) is 19.0 Å². The summed E-state index contributed by atoms with van der Waals surface area (Å²) in [5, 5.41) is 6.94. The van der Waals surface area contributed by atoms with Gasteiger partial charge in [0.05, 0.1) is 25.4 Å². The minimum Gasteiger partial charge on any atom is -0.497 e. The zero-order chi connectivity index (χ0) is 22.7. The Kier molecular flexibility index (Phi) is 6.77. The zero-order valence-corrected chi connectivity index (χ0v) is 19.1. The number of nitrogens with zero attached hydrogens (tertiary/aromatic N) is 4. The number of halogens is 1. The number of hydrazone groups is 1. The molecule has 1 fully saturated rings. The standard InChI is InChI=1S/C24H27ClN4O3/c1-17(30)28-13-11-27(12-14-28)16-24(31)29-23(18-7-9-19(32-2)10-8-18)15-22(26-29)20-5-3-4-6-21(20)25/h3-10,23H,11-16H2,1-2H3/t23-/m0/s1. The Morgan fingerprint density at radius 3 is 2.38 bits per heavy atom. The Balaban J connectivity index is 1.55. The average molecular weight is 455 g/mol. The second kappa shape index (κ2) is 9.71. The Morgan fingerprint density at radius 2 is 1.75 bits per heavy atom. The number of carbonyl (C=O) groups is 2. The van der Waals surface area contributed by atoms with Crippen LogP contribution in [0.15, 0.2) is 53.6 Å². The highest BCUT2D eigenvalue weighted by molar-refractivity contribution is 6.34. The van der Waals surface area contributed by atoms with Gasteiger partial charge in [-0.25, -0.2) is 5.01 Å². The molecule has 8 heteroatoms. The highest BCUT2D eigenvalue weighted by Gasteiger charge is 2.34. The van der Waals surface area contributed by atoms with Crippen molar-refractivity contribution >= 4 is 29.1 Å². The van der Waals surface area contributed by atoms with Crippen LogP contribution in [0.5, 0.6) is 5.75 Å². The van der Waals surface area contributed by atoms with E-state index in [1.165, 1.54) is 0 Å². The topological polar surface area (TPSA) is 65.5 Å². The van der Waals surface area contributed by atoms with Crippen molar-refractivity contribution < 1.29 is 14.3 Å². The molecule has 2 aromatic carbocycles. The SMILES string of the molecule is COc1ccc([C@@H]2CC(c3ccccc3Cl)=NN2C(=O)CN2CCN(C(C)=O)CC2)cc1. The molecule has 0 aromatic heterocycles. The molecule has 2 aromatic rings. The van der Waals surface area contributed by atoms with Crippen molar-refractivity contribution in [2.45, 2.75) is 19.4 Å². The van der Waals surface area contributed by atoms with Gasteiger partial charge in [-0.2, -0.15) is 5.10 Å². The van der Waals surface area contributed by atoms with Gasteiger partial charge in [-0.05, 0) is 23.8 Å². The van der Waals surface area contributed by atoms with Crippen molar-refractivity contribution in [2.75, 3.05) is 39.8 Å². The second-order valence-electron chi connectivity index (χ2n) is 8.04. The van der Waals surface area contributed by atoms with E-state index in [-0.39, 0.29) is 24.4 Å². The number of rotatable bonds is 5. The predicted octanol–water partition coefficient (Wildman–Crippen LogP) is 3.19. The molecule has 0 radical (unpaired) electrons. The summed E-state index contributed by atoms with van der Waals surface area (Å²) in [6, 6.07) is 15.1. The van der Waals surface area contributed by atoms with Crippen LogP contribution in [0, 0.1) is 0 Å². The number of carbonyl (C=O) groups excluding carboxylic acids is 2. The largest absolute Gasteiger partial charge is 0.497 e. The summed E-state index contributed by atoms with van der Waals surface area (Å²) in [5.41, 5.74) is 2.63. The maximum Gasteiger partial charge on any atom is 0.257 e. The third-order valence-electron chi connectivity index (χ3n) is 6.03. The Labute approximate surface area is 193 Å². The van der Waals surface area contributed by atoms with E-state index >= 15 is 0 Å². The van der Waals surface area contributed by atoms with E-state index in [4.69, 9.17) is 21.4 Å². The van der Waals surface area contributed by atoms with Gasteiger partial charge in [0.25, 0.3) is 5.91 Å². The molecule has 0 spiro atoms. The summed E-state index contributed by atoms with van der Waals surface area (Å²) in [5.74, 6) is 0.772. The maximum atomic E-state index is 13.3. The first-order valence-corrected chi connectivity index (χ1v) is 11.1. The Bertz CT molecular complexity index is 1020. The van der Waals surface area contributed by atoms with Crippen molar-refractivity contribution in [1.82, 2.24) is 14.8 Å². The van der Waals surface area contributed by atoms with Crippen LogP contribution < -0.4 is 4.74 Å². The maximum absolute atomic E-state index is 13.3. The fourth-order valence-electron chi connectivity index (χ4n) is 4.17. The lowest BCUT2D eigenvalue weighted by Gasteiger charge is -2.34. The summed E-state index contributed by atoms with van der Waals surface area (Å²) in [6.07, 6.45) is 0.583. The van der Waals surface area contributed by atoms with E-state index in [1.807, 2.05) is 53.4 Å². The normalized spacial score (nSPS) is 19.1. The molecule has 0 N–H and O–H groups in total. The number of benzene rings is 2. The van der Waals surface area contributed by atoms with Crippen LogP contribution in [0.4, 0.5) is 0 Å². The number of methoxy groups -OCH3 is 1. The Hall–Kier alpha value is -2.90. The molecule has 0 aliphatic carbocycles. The van der Waals surface area contributed by atoms with Gasteiger partial charge in [0.2, 0.25) is 5.91 Å². The minimum absolute atomic E-state index is 0.0656. The van der Waals surface area contributed by atoms with E-state index in [9.17, 15) is 9.59 Å². The number of amides is 2. The second-order valence-corrected chi connectivity index (χ2v) is 8.45. The van der Waals surface area contributed by atoms with E-state index in [0.717, 1.165) is 22.6 Å². The summed E-state index contributed by atoms with van der Waals surface area (Å²) in [7, 11) is 1.63. The summed E-state index contributed by atoms with van der Waals surface area (Å²) < 4.78 is 5.28. The molecular weight excluding hydrogens is 428 g/mol. The molecule has 168 valence electrons. The molecule has 2 aliphatic rings. The highest BCUT2D eigenvalue weighted by Crippen LogP contribution is 2.35. The molecule has 4 rings (SSSR count). The monoisotopic (exact) mass is 454 g/mol. The van der Waals surface area contributed by atoms with Crippen LogP contribution in [-0.2, 0) is 9.59 Å². The summed E-state index contributed by atoms with van der Waals surface area (Å²) in [6.45, 7) is 4.46. The van der Waals surface area contributed by atoms with Gasteiger partial charge in [-0.1, -0.05) is 41.9 Å². The van der Waals surface area contributed by atoms with Crippen LogP contribution in [0.2, 0.25) is 5.02 Å². The van der Waals surface area contributed by atoms with Gasteiger partial charge < -0.3 is 9.64 Å². The van der Waals surface area contributed by atoms with Gasteiger partial charge >= 0.3 is 0 Å². The third-order valence-corrected chi connectivity index (χ3v) is 6.36. The number of hydrogen-bond donors (Lipinski definition) is 0. The molecule has 0 bridgehead atoms. The smallest absolute Gasteiger partial charge is 0.257 e. The Morgan fingerprint density at radius 1 is 1.06 bits per heavy atom. The van der Waals surface area contributed by atoms with Gasteiger partial charge in [0, 0.05) is 50.1 Å². The number of hydrogen-bond acceptors (Lipinski definition) is 5. The van der Waals surface area contributed by atoms with E-state index in [2.05, 4.69) is 4.90 Å². The van der Waals surface area contributed by atoms with Gasteiger partial charge in [-0.3, -0.25) is 14.5 Å². The van der Waals surface area contributed by atoms with Crippen LogP contribution in [0.1, 0.15) is 30.5 Å². The lowest BCUT2D eigenvalue weighted by Crippen LogP contribution is -2.50. The first kappa shape index (κ1) is 22.3. The van der Waals surface area contributed by atoms with Crippen molar-refractivity contribution in [3.05, 3.63) is 64.7 Å². The van der Waals surface area contributed by atoms with Gasteiger partial charge in [-0.15, -0.1) is 0 Å². The summed E-state index contributed by atoms with van der Waals surface area (Å²) >= 11 is 6.42. The number of ether oxygens (including phenoxy) is 1. The molecule has 1 saturated heterocycles. The highest BCUT2D eigenvalue weighted by atomic mass is 35.5. The minimum atomic E-state index is -0.210. The van der Waals surface area contributed by atoms with E-state index < -0.39 is 0 Å². The first-order valence-electron chi connectivity index (χ1n) is 10.7. The van der Waals surface area contributed by atoms with Crippen molar-refractivity contribution in [1.29, 1.82) is 0 Å². The molecule has 7 nitrogen and oxygen atoms in total. The third kappa shape index (κ3) is 4.79. The lowest BCUT2D eigenvalue weighted by molar-refractivity contribution is -0.135. The average Bonchev–Trinajstić information content (AvgIpc) is 3.25. The quantitative estimate of drug-likeness (QED) is 0.696. The first-order chi connectivity index (χ1) is 15.5. The molecule has 1 atom stereocenters. The van der Waals surface area contributed by atoms with Crippen molar-refractivity contribution in [3.63, 3.8) is 0 Å². The van der Waals surface area contributed by atoms with Crippen LogP contribution >= 0.6 is 11.6 Å². The number of piperazine rings is 1. The van der Waals surface area contributed by atoms with Gasteiger partial charge in [0.15, 0.2) is 0 Å². The van der Waals surface area contributed by atoms with E-state index in [0.29, 0.717) is 37.6 Å². The lowest BCUT2D eigenvalue weighted by atomic mass is 9.98.